The third kappa shape index (κ3) is 4.59. The van der Waals surface area contributed by atoms with Crippen LogP contribution in [0, 0.1) is 0 Å². The van der Waals surface area contributed by atoms with E-state index in [4.69, 9.17) is 0 Å². The maximum absolute atomic E-state index is 12.9. The molecule has 0 radical (unpaired) electrons. The fourth-order valence-electron chi connectivity index (χ4n) is 2.24. The van der Waals surface area contributed by atoms with Crippen molar-refractivity contribution in [1.29, 1.82) is 0 Å². The van der Waals surface area contributed by atoms with Crippen LogP contribution in [0.1, 0.15) is 27.5 Å². The van der Waals surface area contributed by atoms with Gasteiger partial charge in [0.2, 0.25) is 5.91 Å². The fraction of sp³-hybridized carbons (Fsp3) is 0.222. The van der Waals surface area contributed by atoms with E-state index in [1.807, 2.05) is 0 Å². The second kappa shape index (κ2) is 7.38. The second-order valence-electron chi connectivity index (χ2n) is 5.63. The molecular formula is C18H17F3N2O2. The highest BCUT2D eigenvalue weighted by Crippen LogP contribution is 2.31. The first-order valence-corrected chi connectivity index (χ1v) is 7.44. The molecule has 2 rings (SSSR count). The molecule has 0 aromatic heterocycles. The Hall–Kier alpha value is -2.83. The van der Waals surface area contributed by atoms with Crippen LogP contribution in [0.25, 0.3) is 0 Å². The number of rotatable bonds is 4. The predicted molar refractivity (Wildman–Crippen MR) is 86.8 cm³/mol. The molecule has 1 atom stereocenters. The summed E-state index contributed by atoms with van der Waals surface area (Å²) in [5.74, 6) is -1.07. The van der Waals surface area contributed by atoms with Gasteiger partial charge in [0.25, 0.3) is 5.91 Å². The van der Waals surface area contributed by atoms with Crippen molar-refractivity contribution in [1.82, 2.24) is 10.2 Å². The number of hydrogen-bond acceptors (Lipinski definition) is 2. The Balaban J connectivity index is 2.37. The highest BCUT2D eigenvalue weighted by Gasteiger charge is 2.32. The molecule has 1 unspecified atom stereocenters. The zero-order valence-corrected chi connectivity index (χ0v) is 13.7. The SMILES string of the molecule is CN(C)C(=O)C(NC(=O)c1ccccc1)c1cccc(C(F)(F)F)c1. The van der Waals surface area contributed by atoms with Gasteiger partial charge in [-0.3, -0.25) is 9.59 Å². The summed E-state index contributed by atoms with van der Waals surface area (Å²) in [6.45, 7) is 0. The minimum Gasteiger partial charge on any atom is -0.347 e. The first-order valence-electron chi connectivity index (χ1n) is 7.44. The summed E-state index contributed by atoms with van der Waals surface area (Å²) < 4.78 is 38.8. The Bertz CT molecular complexity index is 758. The molecule has 25 heavy (non-hydrogen) atoms. The summed E-state index contributed by atoms with van der Waals surface area (Å²) in [4.78, 5) is 26.0. The minimum absolute atomic E-state index is 0.0674. The molecule has 7 heteroatoms. The molecule has 0 aliphatic heterocycles. The molecule has 2 aromatic rings. The number of nitrogens with one attached hydrogen (secondary N) is 1. The first-order chi connectivity index (χ1) is 11.7. The molecule has 4 nitrogen and oxygen atoms in total. The summed E-state index contributed by atoms with van der Waals surface area (Å²) in [5.41, 5.74) is -0.501. The number of carbonyl (C=O) groups is 2. The van der Waals surface area contributed by atoms with E-state index >= 15 is 0 Å². The average molecular weight is 350 g/mol. The Labute approximate surface area is 143 Å². The second-order valence-corrected chi connectivity index (χ2v) is 5.63. The van der Waals surface area contributed by atoms with Crippen molar-refractivity contribution < 1.29 is 22.8 Å². The Morgan fingerprint density at radius 1 is 1.00 bits per heavy atom. The third-order valence-corrected chi connectivity index (χ3v) is 3.55. The molecule has 0 aliphatic rings. The normalized spacial score (nSPS) is 12.4. The van der Waals surface area contributed by atoms with Crippen molar-refractivity contribution in [3.8, 4) is 0 Å². The molecule has 0 spiro atoms. The van der Waals surface area contributed by atoms with Crippen LogP contribution in [0.5, 0.6) is 0 Å². The van der Waals surface area contributed by atoms with Crippen LogP contribution in [0.4, 0.5) is 13.2 Å². The van der Waals surface area contributed by atoms with Crippen LogP contribution in [-0.4, -0.2) is 30.8 Å². The van der Waals surface area contributed by atoms with Crippen molar-refractivity contribution in [3.63, 3.8) is 0 Å². The maximum atomic E-state index is 12.9. The zero-order valence-electron chi connectivity index (χ0n) is 13.7. The van der Waals surface area contributed by atoms with Crippen molar-refractivity contribution in [3.05, 3.63) is 71.3 Å². The number of alkyl halides is 3. The van der Waals surface area contributed by atoms with E-state index < -0.39 is 29.6 Å². The van der Waals surface area contributed by atoms with Crippen LogP contribution >= 0.6 is 0 Å². The standard InChI is InChI=1S/C18H17F3N2O2/c1-23(2)17(25)15(22-16(24)12-7-4-3-5-8-12)13-9-6-10-14(11-13)18(19,20)21/h3-11,15H,1-2H3,(H,22,24). The molecule has 0 aliphatic carbocycles. The summed E-state index contributed by atoms with van der Waals surface area (Å²) >= 11 is 0. The van der Waals surface area contributed by atoms with Gasteiger partial charge in [0.1, 0.15) is 6.04 Å². The van der Waals surface area contributed by atoms with Gasteiger partial charge in [-0.25, -0.2) is 0 Å². The molecule has 132 valence electrons. The third-order valence-electron chi connectivity index (χ3n) is 3.55. The minimum atomic E-state index is -4.54. The van der Waals surface area contributed by atoms with E-state index in [2.05, 4.69) is 5.32 Å². The van der Waals surface area contributed by atoms with Gasteiger partial charge in [0.05, 0.1) is 5.56 Å². The monoisotopic (exact) mass is 350 g/mol. The Morgan fingerprint density at radius 2 is 1.64 bits per heavy atom. The average Bonchev–Trinajstić information content (AvgIpc) is 2.59. The molecule has 0 heterocycles. The number of carbonyl (C=O) groups excluding carboxylic acids is 2. The molecule has 0 fully saturated rings. The number of halogens is 3. The molecule has 2 amide bonds. The molecular weight excluding hydrogens is 333 g/mol. The summed E-state index contributed by atoms with van der Waals surface area (Å²) in [5, 5.41) is 2.51. The predicted octanol–water partition coefficient (Wildman–Crippen LogP) is 3.26. The van der Waals surface area contributed by atoms with E-state index in [0.717, 1.165) is 12.1 Å². The van der Waals surface area contributed by atoms with Gasteiger partial charge in [0, 0.05) is 19.7 Å². The van der Waals surface area contributed by atoms with Gasteiger partial charge < -0.3 is 10.2 Å². The lowest BCUT2D eigenvalue weighted by molar-refractivity contribution is -0.138. The molecule has 0 saturated heterocycles. The number of nitrogens with zero attached hydrogens (tertiary/aromatic N) is 1. The van der Waals surface area contributed by atoms with Gasteiger partial charge in [-0.1, -0.05) is 30.3 Å². The van der Waals surface area contributed by atoms with Gasteiger partial charge in [-0.2, -0.15) is 13.2 Å². The number of likely N-dealkylation sites (N-methyl/N-ethyl adjacent to an activating group) is 1. The zero-order chi connectivity index (χ0) is 18.6. The van der Waals surface area contributed by atoms with Gasteiger partial charge in [-0.05, 0) is 29.8 Å². The summed E-state index contributed by atoms with van der Waals surface area (Å²) in [6, 6.07) is 11.3. The van der Waals surface area contributed by atoms with Crippen molar-refractivity contribution in [2.45, 2.75) is 12.2 Å². The molecule has 1 N–H and O–H groups in total. The van der Waals surface area contributed by atoms with Crippen LogP contribution in [0.3, 0.4) is 0 Å². The van der Waals surface area contributed by atoms with Crippen LogP contribution < -0.4 is 5.32 Å². The van der Waals surface area contributed by atoms with Gasteiger partial charge in [-0.15, -0.1) is 0 Å². The highest BCUT2D eigenvalue weighted by molar-refractivity contribution is 5.97. The van der Waals surface area contributed by atoms with Crippen molar-refractivity contribution >= 4 is 11.8 Å². The lowest BCUT2D eigenvalue weighted by Gasteiger charge is -2.23. The molecule has 0 bridgehead atoms. The fourth-order valence-corrected chi connectivity index (χ4v) is 2.24. The summed E-state index contributed by atoms with van der Waals surface area (Å²) in [7, 11) is 2.94. The quantitative estimate of drug-likeness (QED) is 0.920. The van der Waals surface area contributed by atoms with Gasteiger partial charge in [0.15, 0.2) is 0 Å². The van der Waals surface area contributed by atoms with Gasteiger partial charge >= 0.3 is 6.18 Å². The van der Waals surface area contributed by atoms with Crippen LogP contribution in [0.2, 0.25) is 0 Å². The smallest absolute Gasteiger partial charge is 0.347 e. The lowest BCUT2D eigenvalue weighted by Crippen LogP contribution is -2.40. The molecule has 2 aromatic carbocycles. The number of hydrogen-bond donors (Lipinski definition) is 1. The maximum Gasteiger partial charge on any atom is 0.416 e. The van der Waals surface area contributed by atoms with E-state index in [-0.39, 0.29) is 5.56 Å². The topological polar surface area (TPSA) is 49.4 Å². The largest absolute Gasteiger partial charge is 0.416 e. The van der Waals surface area contributed by atoms with E-state index in [1.54, 1.807) is 30.3 Å². The Morgan fingerprint density at radius 3 is 2.20 bits per heavy atom. The number of amides is 2. The van der Waals surface area contributed by atoms with Crippen molar-refractivity contribution in [2.75, 3.05) is 14.1 Å². The lowest BCUT2D eigenvalue weighted by atomic mass is 10.0. The van der Waals surface area contributed by atoms with Crippen LogP contribution in [0.15, 0.2) is 54.6 Å². The molecule has 0 saturated carbocycles. The number of benzene rings is 2. The highest BCUT2D eigenvalue weighted by atomic mass is 19.4. The van der Waals surface area contributed by atoms with E-state index in [1.165, 1.54) is 31.1 Å². The van der Waals surface area contributed by atoms with E-state index in [0.29, 0.717) is 5.56 Å². The van der Waals surface area contributed by atoms with Crippen LogP contribution in [-0.2, 0) is 11.0 Å². The van der Waals surface area contributed by atoms with Crippen molar-refractivity contribution in [2.24, 2.45) is 0 Å². The first kappa shape index (κ1) is 18.5. The van der Waals surface area contributed by atoms with E-state index in [9.17, 15) is 22.8 Å². The summed E-state index contributed by atoms with van der Waals surface area (Å²) in [6.07, 6.45) is -4.54. The Kier molecular flexibility index (Phi) is 5.46.